The first kappa shape index (κ1) is 14.1. The summed E-state index contributed by atoms with van der Waals surface area (Å²) >= 11 is 5.92. The maximum Gasteiger partial charge on any atom is 0.242 e. The lowest BCUT2D eigenvalue weighted by Crippen LogP contribution is -2.38. The van der Waals surface area contributed by atoms with Gasteiger partial charge in [0, 0.05) is 12.2 Å². The lowest BCUT2D eigenvalue weighted by Gasteiger charge is -2.17. The van der Waals surface area contributed by atoms with Gasteiger partial charge in [0.2, 0.25) is 10.0 Å². The largest absolute Gasteiger partial charge is 0.307 e. The first-order chi connectivity index (χ1) is 9.51. The van der Waals surface area contributed by atoms with Crippen LogP contribution in [0.4, 0.5) is 5.82 Å². The van der Waals surface area contributed by atoms with Gasteiger partial charge in [-0.05, 0) is 43.6 Å². The zero-order chi connectivity index (χ0) is 14.3. The van der Waals surface area contributed by atoms with Crippen LogP contribution in [-0.2, 0) is 10.0 Å². The molecule has 0 aromatic carbocycles. The fourth-order valence-electron chi connectivity index (χ4n) is 2.41. The summed E-state index contributed by atoms with van der Waals surface area (Å²) in [5.74, 6) is 6.46. The Labute approximate surface area is 123 Å². The second kappa shape index (κ2) is 5.14. The Balaban J connectivity index is 1.81. The summed E-state index contributed by atoms with van der Waals surface area (Å²) in [6.45, 7) is 0. The molecular weight excluding hydrogens is 300 g/mol. The van der Waals surface area contributed by atoms with Crippen molar-refractivity contribution in [2.24, 2.45) is 17.7 Å². The van der Waals surface area contributed by atoms with Crippen LogP contribution in [-0.4, -0.2) is 19.4 Å². The summed E-state index contributed by atoms with van der Waals surface area (Å²) in [6.07, 6.45) is 5.70. The molecule has 1 aromatic rings. The van der Waals surface area contributed by atoms with E-state index < -0.39 is 10.0 Å². The number of nitrogens with two attached hydrogens (primary N) is 1. The maximum absolute atomic E-state index is 12.4. The minimum atomic E-state index is -3.58. The van der Waals surface area contributed by atoms with Gasteiger partial charge in [0.1, 0.15) is 4.90 Å². The molecule has 0 unspecified atom stereocenters. The molecule has 8 heteroatoms. The molecule has 0 aliphatic heterocycles. The molecule has 2 aliphatic carbocycles. The van der Waals surface area contributed by atoms with Crippen LogP contribution in [0.5, 0.6) is 0 Å². The van der Waals surface area contributed by atoms with E-state index in [4.69, 9.17) is 17.4 Å². The Hall–Kier alpha value is -0.890. The molecule has 0 radical (unpaired) electrons. The lowest BCUT2D eigenvalue weighted by molar-refractivity contribution is 0.471. The van der Waals surface area contributed by atoms with Gasteiger partial charge in [0.05, 0.1) is 5.02 Å². The summed E-state index contributed by atoms with van der Waals surface area (Å²) in [5.41, 5.74) is 2.31. The molecule has 2 saturated carbocycles. The van der Waals surface area contributed by atoms with E-state index in [1.165, 1.54) is 12.3 Å². The van der Waals surface area contributed by atoms with Crippen molar-refractivity contribution in [2.75, 3.05) is 5.43 Å². The number of hydrogen-bond donors (Lipinski definition) is 3. The van der Waals surface area contributed by atoms with Gasteiger partial charge in [0.15, 0.2) is 5.82 Å². The highest BCUT2D eigenvalue weighted by molar-refractivity contribution is 7.89. The Morgan fingerprint density at radius 1 is 1.30 bits per heavy atom. The highest BCUT2D eigenvalue weighted by atomic mass is 35.5. The summed E-state index contributed by atoms with van der Waals surface area (Å²) in [7, 11) is -3.58. The number of aromatic nitrogens is 1. The zero-order valence-electron chi connectivity index (χ0n) is 10.8. The summed E-state index contributed by atoms with van der Waals surface area (Å²) in [4.78, 5) is 3.98. The average Bonchev–Trinajstić information content (AvgIpc) is 3.29. The number of hydrazine groups is 1. The van der Waals surface area contributed by atoms with E-state index in [0.29, 0.717) is 11.8 Å². The van der Waals surface area contributed by atoms with Crippen LogP contribution in [0, 0.1) is 11.8 Å². The van der Waals surface area contributed by atoms with Gasteiger partial charge in [-0.2, -0.15) is 0 Å². The van der Waals surface area contributed by atoms with Crippen molar-refractivity contribution in [2.45, 2.75) is 36.6 Å². The maximum atomic E-state index is 12.4. The Morgan fingerprint density at radius 3 is 2.35 bits per heavy atom. The topological polar surface area (TPSA) is 97.1 Å². The number of anilines is 1. The lowest BCUT2D eigenvalue weighted by atomic mass is 10.1. The molecule has 1 aromatic heterocycles. The summed E-state index contributed by atoms with van der Waals surface area (Å²) < 4.78 is 27.6. The quantitative estimate of drug-likeness (QED) is 0.545. The predicted molar refractivity (Wildman–Crippen MR) is 76.6 cm³/mol. The number of nitrogen functional groups attached to an aromatic ring is 1. The molecule has 0 bridgehead atoms. The molecule has 0 saturated heterocycles. The van der Waals surface area contributed by atoms with Crippen molar-refractivity contribution in [3.05, 3.63) is 17.3 Å². The molecule has 4 N–H and O–H groups in total. The molecule has 1 heterocycles. The molecule has 0 amide bonds. The SMILES string of the molecule is NNc1ncc(S(=O)(=O)NC(C2CC2)C2CC2)cc1Cl. The van der Waals surface area contributed by atoms with Crippen LogP contribution in [0.25, 0.3) is 0 Å². The molecular formula is C12H17ClN4O2S. The van der Waals surface area contributed by atoms with E-state index in [1.807, 2.05) is 0 Å². The fourth-order valence-corrected chi connectivity index (χ4v) is 4.04. The van der Waals surface area contributed by atoms with Crippen molar-refractivity contribution in [3.63, 3.8) is 0 Å². The highest BCUT2D eigenvalue weighted by Gasteiger charge is 2.43. The van der Waals surface area contributed by atoms with Crippen LogP contribution in [0.2, 0.25) is 5.02 Å². The van der Waals surface area contributed by atoms with E-state index >= 15 is 0 Å². The van der Waals surface area contributed by atoms with Crippen LogP contribution < -0.4 is 16.0 Å². The number of sulfonamides is 1. The Morgan fingerprint density at radius 2 is 1.90 bits per heavy atom. The second-order valence-corrected chi connectivity index (χ2v) is 7.59. The number of nitrogens with zero attached hydrogens (tertiary/aromatic N) is 1. The number of halogens is 1. The first-order valence-electron chi connectivity index (χ1n) is 6.66. The molecule has 0 atom stereocenters. The van der Waals surface area contributed by atoms with Crippen LogP contribution >= 0.6 is 11.6 Å². The number of pyridine rings is 1. The molecule has 20 heavy (non-hydrogen) atoms. The van der Waals surface area contributed by atoms with Gasteiger partial charge in [0.25, 0.3) is 0 Å². The van der Waals surface area contributed by atoms with Crippen molar-refractivity contribution >= 4 is 27.4 Å². The number of rotatable bonds is 6. The van der Waals surface area contributed by atoms with Gasteiger partial charge in [-0.25, -0.2) is 24.0 Å². The van der Waals surface area contributed by atoms with Gasteiger partial charge in [-0.15, -0.1) is 0 Å². The van der Waals surface area contributed by atoms with Crippen molar-refractivity contribution in [3.8, 4) is 0 Å². The van der Waals surface area contributed by atoms with Gasteiger partial charge in [-0.3, -0.25) is 0 Å². The first-order valence-corrected chi connectivity index (χ1v) is 8.52. The molecule has 110 valence electrons. The molecule has 6 nitrogen and oxygen atoms in total. The predicted octanol–water partition coefficient (Wildman–Crippen LogP) is 1.49. The smallest absolute Gasteiger partial charge is 0.242 e. The van der Waals surface area contributed by atoms with Crippen molar-refractivity contribution < 1.29 is 8.42 Å². The van der Waals surface area contributed by atoms with E-state index in [-0.39, 0.29) is 21.8 Å². The molecule has 2 fully saturated rings. The summed E-state index contributed by atoms with van der Waals surface area (Å²) in [6, 6.07) is 1.43. The van der Waals surface area contributed by atoms with Gasteiger partial charge in [-0.1, -0.05) is 11.6 Å². The second-order valence-electron chi connectivity index (χ2n) is 5.47. The minimum Gasteiger partial charge on any atom is -0.307 e. The van der Waals surface area contributed by atoms with Gasteiger partial charge < -0.3 is 5.43 Å². The van der Waals surface area contributed by atoms with Crippen LogP contribution in [0.1, 0.15) is 25.7 Å². The molecule has 2 aliphatic rings. The molecule has 3 rings (SSSR count). The van der Waals surface area contributed by atoms with E-state index in [9.17, 15) is 8.42 Å². The van der Waals surface area contributed by atoms with Crippen molar-refractivity contribution in [1.82, 2.24) is 9.71 Å². The average molecular weight is 317 g/mol. The van der Waals surface area contributed by atoms with E-state index in [0.717, 1.165) is 25.7 Å². The Kier molecular flexibility index (Phi) is 3.62. The highest BCUT2D eigenvalue weighted by Crippen LogP contribution is 2.45. The van der Waals surface area contributed by atoms with Crippen LogP contribution in [0.15, 0.2) is 17.2 Å². The number of hydrogen-bond acceptors (Lipinski definition) is 5. The third-order valence-electron chi connectivity index (χ3n) is 3.81. The number of nitrogens with one attached hydrogen (secondary N) is 2. The fraction of sp³-hybridized carbons (Fsp3) is 0.583. The van der Waals surface area contributed by atoms with Crippen LogP contribution in [0.3, 0.4) is 0 Å². The van der Waals surface area contributed by atoms with E-state index in [2.05, 4.69) is 15.1 Å². The minimum absolute atomic E-state index is 0.0612. The standard InChI is InChI=1S/C12H17ClN4O2S/c13-10-5-9(6-15-12(10)16-14)20(18,19)17-11(7-1-2-7)8-3-4-8/h5-8,11,17H,1-4,14H2,(H,15,16). The monoisotopic (exact) mass is 316 g/mol. The van der Waals surface area contributed by atoms with E-state index in [1.54, 1.807) is 0 Å². The third kappa shape index (κ3) is 2.90. The summed E-state index contributed by atoms with van der Waals surface area (Å²) in [5, 5.41) is 0.185. The van der Waals surface area contributed by atoms with Gasteiger partial charge >= 0.3 is 0 Å². The molecule has 0 spiro atoms. The van der Waals surface area contributed by atoms with Crippen molar-refractivity contribution in [1.29, 1.82) is 0 Å². The normalized spacial score (nSPS) is 19.4. The third-order valence-corrected chi connectivity index (χ3v) is 5.53. The zero-order valence-corrected chi connectivity index (χ0v) is 12.4. The Bertz CT molecular complexity index is 602.